The molecule has 7 heteroatoms. The molecule has 3 aromatic rings. The fourth-order valence-corrected chi connectivity index (χ4v) is 3.91. The second-order valence-electron chi connectivity index (χ2n) is 8.88. The third-order valence-corrected chi connectivity index (χ3v) is 5.64. The molecule has 0 saturated heterocycles. The number of hydrogen-bond acceptors (Lipinski definition) is 5. The van der Waals surface area contributed by atoms with Crippen molar-refractivity contribution in [3.63, 3.8) is 0 Å². The molecule has 176 valence electrons. The fourth-order valence-electron chi connectivity index (χ4n) is 3.91. The number of halogens is 1. The SMILES string of the molecule is CC(C)OC[C@@H](O)CN(Cc1c(-c2ccccc2)nn(C)c1Oc1cccc(F)c1)C1CC1. The molecule has 0 aliphatic heterocycles. The molecule has 1 aliphatic rings. The summed E-state index contributed by atoms with van der Waals surface area (Å²) in [5.74, 6) is 0.632. The molecule has 2 aromatic carbocycles. The number of aliphatic hydroxyl groups is 1. The first-order valence-corrected chi connectivity index (χ1v) is 11.5. The van der Waals surface area contributed by atoms with E-state index < -0.39 is 6.10 Å². The zero-order valence-electron chi connectivity index (χ0n) is 19.4. The van der Waals surface area contributed by atoms with E-state index in [4.69, 9.17) is 14.6 Å². The van der Waals surface area contributed by atoms with Crippen LogP contribution in [0.5, 0.6) is 11.6 Å². The molecule has 4 rings (SSSR count). The summed E-state index contributed by atoms with van der Waals surface area (Å²) in [5.41, 5.74) is 2.72. The molecule has 1 N–H and O–H groups in total. The van der Waals surface area contributed by atoms with Crippen LogP contribution in [0, 0.1) is 5.82 Å². The summed E-state index contributed by atoms with van der Waals surface area (Å²) in [6, 6.07) is 16.5. The highest BCUT2D eigenvalue weighted by Gasteiger charge is 2.33. The molecule has 6 nitrogen and oxygen atoms in total. The van der Waals surface area contributed by atoms with Gasteiger partial charge in [0.1, 0.15) is 17.3 Å². The minimum atomic E-state index is -0.586. The summed E-state index contributed by atoms with van der Waals surface area (Å²) in [6.45, 7) is 5.28. The third kappa shape index (κ3) is 6.19. The molecule has 33 heavy (non-hydrogen) atoms. The number of aromatic nitrogens is 2. The molecular formula is C26H32FN3O3. The zero-order chi connectivity index (χ0) is 23.4. The van der Waals surface area contributed by atoms with Gasteiger partial charge in [-0.2, -0.15) is 5.10 Å². The number of aliphatic hydroxyl groups excluding tert-OH is 1. The van der Waals surface area contributed by atoms with Crippen LogP contribution in [0.1, 0.15) is 32.3 Å². The maximum atomic E-state index is 13.8. The van der Waals surface area contributed by atoms with Gasteiger partial charge < -0.3 is 14.6 Å². The van der Waals surface area contributed by atoms with Gasteiger partial charge in [-0.15, -0.1) is 0 Å². The molecule has 1 aliphatic carbocycles. The van der Waals surface area contributed by atoms with Crippen molar-refractivity contribution in [2.24, 2.45) is 7.05 Å². The van der Waals surface area contributed by atoms with E-state index in [1.165, 1.54) is 12.1 Å². The van der Waals surface area contributed by atoms with Crippen molar-refractivity contribution >= 4 is 0 Å². The molecule has 0 spiro atoms. The lowest BCUT2D eigenvalue weighted by Crippen LogP contribution is -2.36. The standard InChI is InChI=1S/C26H32FN3O3/c1-18(2)32-17-22(31)15-30(21-12-13-21)16-24-25(19-8-5-4-6-9-19)28-29(3)26(24)33-23-11-7-10-20(27)14-23/h4-11,14,18,21-22,31H,12-13,15-17H2,1-3H3/t22-/m0/s1. The van der Waals surface area contributed by atoms with Gasteiger partial charge >= 0.3 is 0 Å². The van der Waals surface area contributed by atoms with Gasteiger partial charge in [0.05, 0.1) is 24.4 Å². The third-order valence-electron chi connectivity index (χ3n) is 5.64. The molecule has 1 heterocycles. The van der Waals surface area contributed by atoms with Crippen molar-refractivity contribution in [2.45, 2.75) is 51.5 Å². The summed E-state index contributed by atoms with van der Waals surface area (Å²) >= 11 is 0. The molecule has 0 bridgehead atoms. The van der Waals surface area contributed by atoms with Crippen LogP contribution in [0.4, 0.5) is 4.39 Å². The van der Waals surface area contributed by atoms with E-state index in [-0.39, 0.29) is 11.9 Å². The largest absolute Gasteiger partial charge is 0.439 e. The van der Waals surface area contributed by atoms with Crippen LogP contribution in [0.15, 0.2) is 54.6 Å². The first kappa shape index (κ1) is 23.4. The second kappa shape index (κ2) is 10.5. The Labute approximate surface area is 194 Å². The highest BCUT2D eigenvalue weighted by atomic mass is 19.1. The van der Waals surface area contributed by atoms with Gasteiger partial charge in [0.2, 0.25) is 5.88 Å². The van der Waals surface area contributed by atoms with Crippen molar-refractivity contribution in [3.8, 4) is 22.9 Å². The average Bonchev–Trinajstić information content (AvgIpc) is 3.59. The average molecular weight is 454 g/mol. The lowest BCUT2D eigenvalue weighted by Gasteiger charge is -2.26. The second-order valence-corrected chi connectivity index (χ2v) is 8.88. The number of benzene rings is 2. The lowest BCUT2D eigenvalue weighted by molar-refractivity contribution is -0.0107. The smallest absolute Gasteiger partial charge is 0.222 e. The summed E-state index contributed by atoms with van der Waals surface area (Å²) in [4.78, 5) is 2.27. The van der Waals surface area contributed by atoms with E-state index in [2.05, 4.69) is 4.90 Å². The van der Waals surface area contributed by atoms with E-state index >= 15 is 0 Å². The Hall–Kier alpha value is -2.74. The number of aryl methyl sites for hydroxylation is 1. The number of nitrogens with zero attached hydrogens (tertiary/aromatic N) is 3. The molecule has 1 aromatic heterocycles. The minimum absolute atomic E-state index is 0.0725. The van der Waals surface area contributed by atoms with Crippen LogP contribution in [-0.2, 0) is 18.3 Å². The van der Waals surface area contributed by atoms with E-state index in [0.717, 1.165) is 29.7 Å². The summed E-state index contributed by atoms with van der Waals surface area (Å²) < 4.78 is 27.3. The predicted molar refractivity (Wildman–Crippen MR) is 126 cm³/mol. The predicted octanol–water partition coefficient (Wildman–Crippen LogP) is 4.77. The molecule has 1 fully saturated rings. The van der Waals surface area contributed by atoms with E-state index in [0.29, 0.717) is 37.4 Å². The summed E-state index contributed by atoms with van der Waals surface area (Å²) in [6.07, 6.45) is 1.68. The molecule has 1 atom stereocenters. The maximum Gasteiger partial charge on any atom is 0.222 e. The Balaban J connectivity index is 1.65. The van der Waals surface area contributed by atoms with Crippen LogP contribution < -0.4 is 4.74 Å². The Morgan fingerprint density at radius 2 is 1.91 bits per heavy atom. The van der Waals surface area contributed by atoms with Gasteiger partial charge in [-0.1, -0.05) is 36.4 Å². The van der Waals surface area contributed by atoms with Gasteiger partial charge in [-0.25, -0.2) is 9.07 Å². The van der Waals surface area contributed by atoms with Gasteiger partial charge in [0.25, 0.3) is 0 Å². The highest BCUT2D eigenvalue weighted by Crippen LogP contribution is 2.37. The van der Waals surface area contributed by atoms with E-state index in [1.54, 1.807) is 16.8 Å². The van der Waals surface area contributed by atoms with Gasteiger partial charge in [-0.3, -0.25) is 4.90 Å². The van der Waals surface area contributed by atoms with Gasteiger partial charge in [0, 0.05) is 37.8 Å². The Kier molecular flexibility index (Phi) is 7.42. The van der Waals surface area contributed by atoms with E-state index in [9.17, 15) is 9.50 Å². The van der Waals surface area contributed by atoms with Crippen LogP contribution in [0.25, 0.3) is 11.3 Å². The minimum Gasteiger partial charge on any atom is -0.439 e. The first-order valence-electron chi connectivity index (χ1n) is 11.5. The van der Waals surface area contributed by atoms with Crippen molar-refractivity contribution in [1.29, 1.82) is 0 Å². The lowest BCUT2D eigenvalue weighted by atomic mass is 10.1. The summed E-state index contributed by atoms with van der Waals surface area (Å²) in [7, 11) is 1.83. The topological polar surface area (TPSA) is 59.8 Å². The Morgan fingerprint density at radius 3 is 2.58 bits per heavy atom. The van der Waals surface area contributed by atoms with Crippen LogP contribution >= 0.6 is 0 Å². The Morgan fingerprint density at radius 1 is 1.15 bits per heavy atom. The van der Waals surface area contributed by atoms with Gasteiger partial charge in [-0.05, 0) is 38.8 Å². The maximum absolute atomic E-state index is 13.8. The van der Waals surface area contributed by atoms with Gasteiger partial charge in [0.15, 0.2) is 0 Å². The van der Waals surface area contributed by atoms with Crippen LogP contribution in [0.3, 0.4) is 0 Å². The zero-order valence-corrected chi connectivity index (χ0v) is 19.4. The fraction of sp³-hybridized carbons (Fsp3) is 0.423. The number of hydrogen-bond donors (Lipinski definition) is 1. The molecule has 0 radical (unpaired) electrons. The Bertz CT molecular complexity index is 1050. The van der Waals surface area contributed by atoms with Crippen molar-refractivity contribution in [2.75, 3.05) is 13.2 Å². The normalized spacial score (nSPS) is 14.8. The van der Waals surface area contributed by atoms with Crippen molar-refractivity contribution in [3.05, 3.63) is 66.0 Å². The monoisotopic (exact) mass is 453 g/mol. The van der Waals surface area contributed by atoms with Crippen LogP contribution in [-0.4, -0.2) is 51.2 Å². The summed E-state index contributed by atoms with van der Waals surface area (Å²) in [5, 5.41) is 15.3. The molecular weight excluding hydrogens is 421 g/mol. The number of ether oxygens (including phenoxy) is 2. The first-order chi connectivity index (χ1) is 15.9. The highest BCUT2D eigenvalue weighted by molar-refractivity contribution is 5.65. The molecule has 1 saturated carbocycles. The van der Waals surface area contributed by atoms with Crippen molar-refractivity contribution < 1.29 is 19.0 Å². The molecule has 0 unspecified atom stereocenters. The number of rotatable bonds is 11. The van der Waals surface area contributed by atoms with E-state index in [1.807, 2.05) is 51.2 Å². The quantitative estimate of drug-likeness (QED) is 0.453. The van der Waals surface area contributed by atoms with Crippen LogP contribution in [0.2, 0.25) is 0 Å². The molecule has 0 amide bonds. The van der Waals surface area contributed by atoms with Crippen molar-refractivity contribution in [1.82, 2.24) is 14.7 Å².